The lowest BCUT2D eigenvalue weighted by molar-refractivity contribution is -0.123. The van der Waals surface area contributed by atoms with Crippen molar-refractivity contribution in [2.45, 2.75) is 38.8 Å². The third-order valence-corrected chi connectivity index (χ3v) is 5.70. The van der Waals surface area contributed by atoms with Crippen LogP contribution < -0.4 is 5.73 Å². The second kappa shape index (κ2) is 8.06. The molecular formula is C24H24N4O2. The number of pyridine rings is 2. The minimum Gasteiger partial charge on any atom is -0.368 e. The predicted molar refractivity (Wildman–Crippen MR) is 114 cm³/mol. The SMILES string of the molecule is Cc1ccc2c(c1)CC[C@H]2N(C(=O)c1cccnc1C)[C@@H](C(N)=O)c1cccnc1. The number of nitrogens with zero attached hydrogens (tertiary/aromatic N) is 3. The van der Waals surface area contributed by atoms with E-state index in [4.69, 9.17) is 5.73 Å². The van der Waals surface area contributed by atoms with Crippen LogP contribution >= 0.6 is 0 Å². The van der Waals surface area contributed by atoms with Gasteiger partial charge in [0.25, 0.3) is 5.91 Å². The van der Waals surface area contributed by atoms with Crippen LogP contribution in [0.5, 0.6) is 0 Å². The first-order valence-corrected chi connectivity index (χ1v) is 10.0. The smallest absolute Gasteiger partial charge is 0.257 e. The normalized spacial score (nSPS) is 16.0. The van der Waals surface area contributed by atoms with Crippen LogP contribution in [0.25, 0.3) is 0 Å². The van der Waals surface area contributed by atoms with Crippen molar-refractivity contribution in [1.82, 2.24) is 14.9 Å². The number of aryl methyl sites for hydroxylation is 3. The quantitative estimate of drug-likeness (QED) is 0.710. The Bertz CT molecular complexity index is 1100. The Kier molecular flexibility index (Phi) is 5.31. The zero-order chi connectivity index (χ0) is 21.3. The first-order chi connectivity index (χ1) is 14.5. The second-order valence-corrected chi connectivity index (χ2v) is 7.70. The molecule has 6 heteroatoms. The zero-order valence-electron chi connectivity index (χ0n) is 17.1. The van der Waals surface area contributed by atoms with Gasteiger partial charge in [0.05, 0.1) is 11.6 Å². The van der Waals surface area contributed by atoms with Crippen molar-refractivity contribution in [1.29, 1.82) is 0 Å². The fourth-order valence-corrected chi connectivity index (χ4v) is 4.30. The molecule has 2 aromatic heterocycles. The van der Waals surface area contributed by atoms with Gasteiger partial charge in [0, 0.05) is 29.8 Å². The minimum atomic E-state index is -0.928. The Balaban J connectivity index is 1.87. The van der Waals surface area contributed by atoms with E-state index in [2.05, 4.69) is 29.0 Å². The average Bonchev–Trinajstić information content (AvgIpc) is 3.14. The van der Waals surface area contributed by atoms with Crippen molar-refractivity contribution < 1.29 is 9.59 Å². The molecule has 1 aliphatic rings. The van der Waals surface area contributed by atoms with E-state index < -0.39 is 11.9 Å². The van der Waals surface area contributed by atoms with Crippen molar-refractivity contribution in [3.63, 3.8) is 0 Å². The number of carbonyl (C=O) groups is 2. The molecule has 2 N–H and O–H groups in total. The van der Waals surface area contributed by atoms with Crippen molar-refractivity contribution in [2.75, 3.05) is 0 Å². The van der Waals surface area contributed by atoms with Crippen LogP contribution in [0.2, 0.25) is 0 Å². The van der Waals surface area contributed by atoms with E-state index in [1.165, 1.54) is 11.1 Å². The fourth-order valence-electron chi connectivity index (χ4n) is 4.30. The lowest BCUT2D eigenvalue weighted by atomic mass is 9.98. The van der Waals surface area contributed by atoms with Gasteiger partial charge in [-0.15, -0.1) is 0 Å². The third-order valence-electron chi connectivity index (χ3n) is 5.70. The van der Waals surface area contributed by atoms with Gasteiger partial charge >= 0.3 is 0 Å². The van der Waals surface area contributed by atoms with E-state index in [-0.39, 0.29) is 11.9 Å². The van der Waals surface area contributed by atoms with Crippen LogP contribution in [0, 0.1) is 13.8 Å². The van der Waals surface area contributed by atoms with Crippen molar-refractivity contribution in [3.8, 4) is 0 Å². The molecule has 3 aromatic rings. The Morgan fingerprint density at radius 3 is 2.63 bits per heavy atom. The average molecular weight is 400 g/mol. The molecule has 1 aliphatic carbocycles. The van der Waals surface area contributed by atoms with E-state index in [1.807, 2.05) is 6.07 Å². The number of carbonyl (C=O) groups excluding carboxylic acids is 2. The van der Waals surface area contributed by atoms with Crippen LogP contribution in [-0.2, 0) is 11.2 Å². The van der Waals surface area contributed by atoms with Crippen LogP contribution in [0.15, 0.2) is 61.1 Å². The van der Waals surface area contributed by atoms with Gasteiger partial charge in [-0.2, -0.15) is 0 Å². The Hall–Kier alpha value is -3.54. The highest BCUT2D eigenvalue weighted by molar-refractivity contribution is 5.98. The molecule has 0 aliphatic heterocycles. The summed E-state index contributed by atoms with van der Waals surface area (Å²) in [7, 11) is 0. The largest absolute Gasteiger partial charge is 0.368 e. The molecule has 30 heavy (non-hydrogen) atoms. The Morgan fingerprint density at radius 1 is 1.13 bits per heavy atom. The molecule has 0 spiro atoms. The number of primary amides is 1. The van der Waals surface area contributed by atoms with Gasteiger partial charge in [-0.3, -0.25) is 19.6 Å². The van der Waals surface area contributed by atoms with Crippen molar-refractivity contribution >= 4 is 11.8 Å². The number of amides is 2. The highest BCUT2D eigenvalue weighted by atomic mass is 16.2. The Labute approximate surface area is 175 Å². The third kappa shape index (κ3) is 3.56. The maximum Gasteiger partial charge on any atom is 0.257 e. The lowest BCUT2D eigenvalue weighted by Crippen LogP contribution is -2.43. The van der Waals surface area contributed by atoms with Gasteiger partial charge in [0.1, 0.15) is 6.04 Å². The van der Waals surface area contributed by atoms with E-state index in [1.54, 1.807) is 54.7 Å². The molecular weight excluding hydrogens is 376 g/mol. The molecule has 4 rings (SSSR count). The van der Waals surface area contributed by atoms with E-state index >= 15 is 0 Å². The summed E-state index contributed by atoms with van der Waals surface area (Å²) < 4.78 is 0. The molecule has 152 valence electrons. The first-order valence-electron chi connectivity index (χ1n) is 10.0. The molecule has 2 heterocycles. The maximum atomic E-state index is 13.8. The molecule has 0 saturated carbocycles. The highest BCUT2D eigenvalue weighted by Crippen LogP contribution is 2.41. The summed E-state index contributed by atoms with van der Waals surface area (Å²) in [4.78, 5) is 36.5. The highest BCUT2D eigenvalue weighted by Gasteiger charge is 2.39. The fraction of sp³-hybridized carbons (Fsp3) is 0.250. The van der Waals surface area contributed by atoms with Gasteiger partial charge in [0.15, 0.2) is 0 Å². The second-order valence-electron chi connectivity index (χ2n) is 7.70. The summed E-state index contributed by atoms with van der Waals surface area (Å²) in [5, 5.41) is 0. The number of nitrogens with two attached hydrogens (primary N) is 1. The van der Waals surface area contributed by atoms with Gasteiger partial charge in [-0.05, 0) is 56.0 Å². The van der Waals surface area contributed by atoms with Crippen LogP contribution in [0.3, 0.4) is 0 Å². The van der Waals surface area contributed by atoms with E-state index in [0.29, 0.717) is 16.8 Å². The van der Waals surface area contributed by atoms with Crippen molar-refractivity contribution in [3.05, 3.63) is 94.6 Å². The number of rotatable bonds is 5. The van der Waals surface area contributed by atoms with E-state index in [0.717, 1.165) is 18.4 Å². The predicted octanol–water partition coefficient (Wildman–Crippen LogP) is 3.45. The summed E-state index contributed by atoms with van der Waals surface area (Å²) >= 11 is 0. The molecule has 0 unspecified atom stereocenters. The van der Waals surface area contributed by atoms with Gasteiger partial charge in [0.2, 0.25) is 5.91 Å². The molecule has 0 fully saturated rings. The number of fused-ring (bicyclic) bond motifs is 1. The summed E-state index contributed by atoms with van der Waals surface area (Å²) in [5.41, 5.74) is 11.0. The summed E-state index contributed by atoms with van der Waals surface area (Å²) in [6, 6.07) is 12.1. The molecule has 0 saturated heterocycles. The maximum absolute atomic E-state index is 13.8. The van der Waals surface area contributed by atoms with Crippen LogP contribution in [-0.4, -0.2) is 26.7 Å². The molecule has 0 radical (unpaired) electrons. The lowest BCUT2D eigenvalue weighted by Gasteiger charge is -2.36. The van der Waals surface area contributed by atoms with Crippen molar-refractivity contribution in [2.24, 2.45) is 5.73 Å². The summed E-state index contributed by atoms with van der Waals surface area (Å²) in [5.74, 6) is -0.842. The van der Waals surface area contributed by atoms with Crippen LogP contribution in [0.4, 0.5) is 0 Å². The molecule has 2 atom stereocenters. The molecule has 0 bridgehead atoms. The van der Waals surface area contributed by atoms with E-state index in [9.17, 15) is 9.59 Å². The molecule has 6 nitrogen and oxygen atoms in total. The number of aromatic nitrogens is 2. The number of benzene rings is 1. The molecule has 2 amide bonds. The van der Waals surface area contributed by atoms with Gasteiger partial charge in [-0.1, -0.05) is 29.8 Å². The number of hydrogen-bond acceptors (Lipinski definition) is 4. The number of hydrogen-bond donors (Lipinski definition) is 1. The monoisotopic (exact) mass is 400 g/mol. The Morgan fingerprint density at radius 2 is 1.93 bits per heavy atom. The zero-order valence-corrected chi connectivity index (χ0v) is 17.1. The summed E-state index contributed by atoms with van der Waals surface area (Å²) in [6.07, 6.45) is 6.45. The first kappa shape index (κ1) is 19.8. The standard InChI is InChI=1S/C24H24N4O2/c1-15-7-9-20-17(13-15)8-10-21(20)28(24(30)19-6-4-12-27-16(19)2)22(23(25)29)18-5-3-11-26-14-18/h3-7,9,11-14,21-22H,8,10H2,1-2H3,(H2,25,29)/t21-,22-/m1/s1. The summed E-state index contributed by atoms with van der Waals surface area (Å²) in [6.45, 7) is 3.85. The minimum absolute atomic E-state index is 0.258. The van der Waals surface area contributed by atoms with Crippen LogP contribution in [0.1, 0.15) is 56.8 Å². The topological polar surface area (TPSA) is 89.2 Å². The molecule has 1 aromatic carbocycles. The van der Waals surface area contributed by atoms with Gasteiger partial charge in [-0.25, -0.2) is 0 Å². The van der Waals surface area contributed by atoms with Gasteiger partial charge < -0.3 is 10.6 Å².